The summed E-state index contributed by atoms with van der Waals surface area (Å²) in [6.07, 6.45) is 1.71. The number of hydrogen-bond donors (Lipinski definition) is 1. The van der Waals surface area contributed by atoms with Gasteiger partial charge in [0.05, 0.1) is 17.2 Å². The molecular formula is C20H20N4O4. The molecule has 2 aromatic carbocycles. The molecule has 0 saturated heterocycles. The lowest BCUT2D eigenvalue weighted by Crippen LogP contribution is -2.24. The van der Waals surface area contributed by atoms with Crippen LogP contribution in [0.25, 0.3) is 0 Å². The minimum absolute atomic E-state index is 0.00966. The number of aryl methyl sites for hydroxylation is 1. The molecule has 0 spiro atoms. The van der Waals surface area contributed by atoms with Crippen LogP contribution in [-0.4, -0.2) is 20.6 Å². The lowest BCUT2D eigenvalue weighted by atomic mass is 10.1. The minimum Gasteiger partial charge on any atom is -0.489 e. The second kappa shape index (κ2) is 8.81. The van der Waals surface area contributed by atoms with Crippen molar-refractivity contribution in [2.45, 2.75) is 26.6 Å². The highest BCUT2D eigenvalue weighted by Gasteiger charge is 2.09. The number of amides is 1. The van der Waals surface area contributed by atoms with Crippen molar-refractivity contribution < 1.29 is 14.5 Å². The van der Waals surface area contributed by atoms with Crippen molar-refractivity contribution >= 4 is 11.6 Å². The molecule has 1 amide bonds. The monoisotopic (exact) mass is 380 g/mol. The van der Waals surface area contributed by atoms with Crippen LogP contribution in [0.5, 0.6) is 5.75 Å². The van der Waals surface area contributed by atoms with E-state index in [1.54, 1.807) is 36.5 Å². The Labute approximate surface area is 161 Å². The molecule has 1 N–H and O–H groups in total. The number of hydrogen-bond acceptors (Lipinski definition) is 5. The number of benzene rings is 2. The zero-order chi connectivity index (χ0) is 19.9. The molecule has 0 saturated carbocycles. The van der Waals surface area contributed by atoms with Gasteiger partial charge in [0.1, 0.15) is 12.4 Å². The van der Waals surface area contributed by atoms with E-state index < -0.39 is 4.92 Å². The molecule has 144 valence electrons. The van der Waals surface area contributed by atoms with Crippen LogP contribution in [0.3, 0.4) is 0 Å². The molecule has 0 fully saturated rings. The summed E-state index contributed by atoms with van der Waals surface area (Å²) in [5.74, 6) is 0.342. The fourth-order valence-electron chi connectivity index (χ4n) is 2.70. The molecule has 0 bridgehead atoms. The lowest BCUT2D eigenvalue weighted by Gasteiger charge is -2.09. The van der Waals surface area contributed by atoms with Crippen LogP contribution in [-0.2, 0) is 19.7 Å². The van der Waals surface area contributed by atoms with Gasteiger partial charge in [-0.2, -0.15) is 5.10 Å². The van der Waals surface area contributed by atoms with Gasteiger partial charge in [-0.15, -0.1) is 0 Å². The highest BCUT2D eigenvalue weighted by molar-refractivity contribution is 5.94. The Morgan fingerprint density at radius 1 is 1.21 bits per heavy atom. The number of nitrogens with zero attached hydrogens (tertiary/aromatic N) is 3. The van der Waals surface area contributed by atoms with E-state index in [-0.39, 0.29) is 18.2 Å². The van der Waals surface area contributed by atoms with Gasteiger partial charge in [0, 0.05) is 30.4 Å². The van der Waals surface area contributed by atoms with Gasteiger partial charge >= 0.3 is 0 Å². The molecule has 3 aromatic rings. The van der Waals surface area contributed by atoms with Crippen LogP contribution in [0.15, 0.2) is 60.8 Å². The van der Waals surface area contributed by atoms with Crippen molar-refractivity contribution in [3.8, 4) is 5.75 Å². The Kier molecular flexibility index (Phi) is 6.01. The Morgan fingerprint density at radius 2 is 2.00 bits per heavy atom. The normalized spacial score (nSPS) is 10.5. The molecule has 3 rings (SSSR count). The van der Waals surface area contributed by atoms with E-state index >= 15 is 0 Å². The van der Waals surface area contributed by atoms with Gasteiger partial charge in [0.25, 0.3) is 11.6 Å². The van der Waals surface area contributed by atoms with Crippen molar-refractivity contribution in [2.75, 3.05) is 0 Å². The van der Waals surface area contributed by atoms with E-state index in [9.17, 15) is 14.9 Å². The van der Waals surface area contributed by atoms with Crippen LogP contribution in [0, 0.1) is 10.1 Å². The van der Waals surface area contributed by atoms with Gasteiger partial charge in [0.2, 0.25) is 0 Å². The molecule has 0 atom stereocenters. The third kappa shape index (κ3) is 4.73. The SMILES string of the molecule is CCn1nccc1CNC(=O)c1cccc(COc2ccc([N+](=O)[O-])cc2)c1. The zero-order valence-electron chi connectivity index (χ0n) is 15.4. The molecule has 0 aliphatic rings. The molecule has 0 aliphatic carbocycles. The van der Waals surface area contributed by atoms with Gasteiger partial charge in [-0.25, -0.2) is 0 Å². The first-order chi connectivity index (χ1) is 13.6. The van der Waals surface area contributed by atoms with Crippen molar-refractivity contribution in [3.05, 3.63) is 87.7 Å². The maximum atomic E-state index is 12.4. The average Bonchev–Trinajstić information content (AvgIpc) is 3.18. The molecular weight excluding hydrogens is 360 g/mol. The second-order valence-corrected chi connectivity index (χ2v) is 6.06. The third-order valence-electron chi connectivity index (χ3n) is 4.18. The quantitative estimate of drug-likeness (QED) is 0.477. The number of aromatic nitrogens is 2. The van der Waals surface area contributed by atoms with Gasteiger partial charge in [-0.05, 0) is 42.8 Å². The first-order valence-corrected chi connectivity index (χ1v) is 8.82. The molecule has 8 heteroatoms. The highest BCUT2D eigenvalue weighted by Crippen LogP contribution is 2.18. The van der Waals surface area contributed by atoms with E-state index in [1.165, 1.54) is 12.1 Å². The molecule has 0 radical (unpaired) electrons. The minimum atomic E-state index is -0.459. The van der Waals surface area contributed by atoms with Crippen LogP contribution < -0.4 is 10.1 Å². The first-order valence-electron chi connectivity index (χ1n) is 8.82. The van der Waals surface area contributed by atoms with Crippen LogP contribution in [0.4, 0.5) is 5.69 Å². The van der Waals surface area contributed by atoms with E-state index in [4.69, 9.17) is 4.74 Å². The van der Waals surface area contributed by atoms with E-state index in [0.29, 0.717) is 17.9 Å². The summed E-state index contributed by atoms with van der Waals surface area (Å²) in [7, 11) is 0. The summed E-state index contributed by atoms with van der Waals surface area (Å²) in [4.78, 5) is 22.6. The molecule has 8 nitrogen and oxygen atoms in total. The standard InChI is InChI=1S/C20H20N4O4/c1-2-23-18(10-11-22-23)13-21-20(25)16-5-3-4-15(12-16)14-28-19-8-6-17(7-9-19)24(26)27/h3-12H,2,13-14H2,1H3,(H,21,25). The summed E-state index contributed by atoms with van der Waals surface area (Å²) in [5, 5.41) is 17.7. The van der Waals surface area contributed by atoms with Crippen molar-refractivity contribution in [1.82, 2.24) is 15.1 Å². The Bertz CT molecular complexity index is 966. The molecule has 1 aromatic heterocycles. The van der Waals surface area contributed by atoms with Crippen LogP contribution >= 0.6 is 0 Å². The number of ether oxygens (including phenoxy) is 1. The maximum Gasteiger partial charge on any atom is 0.269 e. The fourth-order valence-corrected chi connectivity index (χ4v) is 2.70. The first kappa shape index (κ1) is 19.1. The molecule has 0 aliphatic heterocycles. The van der Waals surface area contributed by atoms with Crippen molar-refractivity contribution in [2.24, 2.45) is 0 Å². The average molecular weight is 380 g/mol. The maximum absolute atomic E-state index is 12.4. The largest absolute Gasteiger partial charge is 0.489 e. The Balaban J connectivity index is 1.58. The number of nitro benzene ring substituents is 1. The number of nitro groups is 1. The summed E-state index contributed by atoms with van der Waals surface area (Å²) in [6, 6.07) is 14.9. The van der Waals surface area contributed by atoms with Crippen LogP contribution in [0.1, 0.15) is 28.5 Å². The zero-order valence-corrected chi connectivity index (χ0v) is 15.4. The summed E-state index contributed by atoms with van der Waals surface area (Å²) < 4.78 is 7.47. The van der Waals surface area contributed by atoms with Gasteiger partial charge in [0.15, 0.2) is 0 Å². The Morgan fingerprint density at radius 3 is 2.71 bits per heavy atom. The number of nitrogens with one attached hydrogen (secondary N) is 1. The number of non-ortho nitro benzene ring substituents is 1. The van der Waals surface area contributed by atoms with Gasteiger partial charge in [-0.1, -0.05) is 12.1 Å². The lowest BCUT2D eigenvalue weighted by molar-refractivity contribution is -0.384. The van der Waals surface area contributed by atoms with E-state index in [2.05, 4.69) is 10.4 Å². The van der Waals surface area contributed by atoms with Crippen LogP contribution in [0.2, 0.25) is 0 Å². The highest BCUT2D eigenvalue weighted by atomic mass is 16.6. The van der Waals surface area contributed by atoms with Gasteiger partial charge in [-0.3, -0.25) is 19.6 Å². The smallest absolute Gasteiger partial charge is 0.269 e. The topological polar surface area (TPSA) is 99.3 Å². The second-order valence-electron chi connectivity index (χ2n) is 6.06. The summed E-state index contributed by atoms with van der Waals surface area (Å²) >= 11 is 0. The van der Waals surface area contributed by atoms with E-state index in [1.807, 2.05) is 23.7 Å². The predicted molar refractivity (Wildman–Crippen MR) is 103 cm³/mol. The summed E-state index contributed by atoms with van der Waals surface area (Å²) in [6.45, 7) is 3.39. The molecule has 28 heavy (non-hydrogen) atoms. The number of carbonyl (C=O) groups excluding carboxylic acids is 1. The van der Waals surface area contributed by atoms with Crippen molar-refractivity contribution in [3.63, 3.8) is 0 Å². The van der Waals surface area contributed by atoms with Gasteiger partial charge < -0.3 is 10.1 Å². The number of carbonyl (C=O) groups is 1. The third-order valence-corrected chi connectivity index (χ3v) is 4.18. The Hall–Kier alpha value is -3.68. The van der Waals surface area contributed by atoms with E-state index in [0.717, 1.165) is 17.8 Å². The summed E-state index contributed by atoms with van der Waals surface area (Å²) in [5.41, 5.74) is 2.31. The fraction of sp³-hybridized carbons (Fsp3) is 0.200. The van der Waals surface area contributed by atoms with Crippen molar-refractivity contribution in [1.29, 1.82) is 0 Å². The predicted octanol–water partition coefficient (Wildman–Crippen LogP) is 3.32. The number of rotatable bonds is 8. The molecule has 0 unspecified atom stereocenters. The molecule has 1 heterocycles.